The average molecular weight is 270 g/mol. The molecule has 0 aliphatic carbocycles. The number of rotatable bonds is 7. The van der Waals surface area contributed by atoms with Crippen molar-refractivity contribution in [3.63, 3.8) is 0 Å². The molecule has 2 atom stereocenters. The first-order valence-electron chi connectivity index (χ1n) is 6.74. The summed E-state index contributed by atoms with van der Waals surface area (Å²) in [6.07, 6.45) is 1.54. The van der Waals surface area contributed by atoms with Crippen molar-refractivity contribution in [2.75, 3.05) is 13.1 Å². The molecule has 2 unspecified atom stereocenters. The monoisotopic (exact) mass is 270 g/mol. The molecular weight excluding hydrogens is 248 g/mol. The van der Waals surface area contributed by atoms with Gasteiger partial charge in [0.05, 0.1) is 19.0 Å². The van der Waals surface area contributed by atoms with Crippen LogP contribution in [-0.2, 0) is 14.4 Å². The van der Waals surface area contributed by atoms with Gasteiger partial charge in [-0.05, 0) is 19.8 Å². The van der Waals surface area contributed by atoms with Gasteiger partial charge in [-0.15, -0.1) is 0 Å². The van der Waals surface area contributed by atoms with E-state index in [1.807, 2.05) is 20.8 Å². The Morgan fingerprint density at radius 1 is 1.47 bits per heavy atom. The first-order valence-corrected chi connectivity index (χ1v) is 6.74. The van der Waals surface area contributed by atoms with E-state index in [2.05, 4.69) is 0 Å². The highest BCUT2D eigenvalue weighted by Gasteiger charge is 2.42. The minimum Gasteiger partial charge on any atom is -0.480 e. The second kappa shape index (κ2) is 6.65. The van der Waals surface area contributed by atoms with Gasteiger partial charge in [0.25, 0.3) is 0 Å². The molecule has 2 amide bonds. The van der Waals surface area contributed by atoms with Crippen molar-refractivity contribution in [2.24, 2.45) is 0 Å². The van der Waals surface area contributed by atoms with Crippen LogP contribution >= 0.6 is 0 Å². The number of carbonyl (C=O) groups is 3. The molecule has 1 heterocycles. The number of carboxylic acids is 1. The van der Waals surface area contributed by atoms with Gasteiger partial charge in [0, 0.05) is 12.6 Å². The molecule has 6 heteroatoms. The Labute approximate surface area is 113 Å². The summed E-state index contributed by atoms with van der Waals surface area (Å²) in [5, 5.41) is 8.96. The van der Waals surface area contributed by atoms with Crippen LogP contribution in [0.2, 0.25) is 0 Å². The van der Waals surface area contributed by atoms with Crippen LogP contribution in [0.1, 0.15) is 40.0 Å². The summed E-state index contributed by atoms with van der Waals surface area (Å²) >= 11 is 0. The zero-order chi connectivity index (χ0) is 14.6. The zero-order valence-corrected chi connectivity index (χ0v) is 11.8. The first kappa shape index (κ1) is 15.6. The number of aliphatic carboxylic acids is 1. The van der Waals surface area contributed by atoms with E-state index in [0.717, 1.165) is 6.42 Å². The Morgan fingerprint density at radius 3 is 2.58 bits per heavy atom. The lowest BCUT2D eigenvalue weighted by Crippen LogP contribution is -2.48. The third kappa shape index (κ3) is 3.53. The molecule has 0 aromatic carbocycles. The third-order valence-corrected chi connectivity index (χ3v) is 3.54. The highest BCUT2D eigenvalue weighted by molar-refractivity contribution is 6.05. The number of amides is 2. The maximum absolute atomic E-state index is 12.2. The zero-order valence-electron chi connectivity index (χ0n) is 11.8. The van der Waals surface area contributed by atoms with Gasteiger partial charge in [-0.1, -0.05) is 13.8 Å². The van der Waals surface area contributed by atoms with Gasteiger partial charge in [0.15, 0.2) is 0 Å². The molecule has 1 aliphatic rings. The molecule has 0 bridgehead atoms. The summed E-state index contributed by atoms with van der Waals surface area (Å²) in [5.74, 6) is -1.43. The van der Waals surface area contributed by atoms with E-state index >= 15 is 0 Å². The molecule has 6 nitrogen and oxygen atoms in total. The van der Waals surface area contributed by atoms with Crippen LogP contribution in [0.15, 0.2) is 0 Å². The van der Waals surface area contributed by atoms with Crippen LogP contribution in [0.5, 0.6) is 0 Å². The molecule has 19 heavy (non-hydrogen) atoms. The van der Waals surface area contributed by atoms with E-state index in [1.165, 1.54) is 4.90 Å². The normalized spacial score (nSPS) is 21.3. The van der Waals surface area contributed by atoms with Crippen molar-refractivity contribution in [3.05, 3.63) is 0 Å². The van der Waals surface area contributed by atoms with Crippen molar-refractivity contribution in [1.29, 1.82) is 0 Å². The second-order valence-electron chi connectivity index (χ2n) is 4.93. The second-order valence-corrected chi connectivity index (χ2v) is 4.93. The van der Waals surface area contributed by atoms with Gasteiger partial charge in [0.2, 0.25) is 11.8 Å². The summed E-state index contributed by atoms with van der Waals surface area (Å²) in [7, 11) is 0. The molecule has 0 spiro atoms. The molecule has 0 aromatic rings. The lowest BCUT2D eigenvalue weighted by Gasteiger charge is -2.30. The Morgan fingerprint density at radius 2 is 2.11 bits per heavy atom. The SMILES string of the molecule is CCCN1C(=O)CC(N(CC(=O)O)C(C)CC)C1=O. The fraction of sp³-hybridized carbons (Fsp3) is 0.769. The smallest absolute Gasteiger partial charge is 0.317 e. The standard InChI is InChI=1S/C13H22N2O4/c1-4-6-14-11(16)7-10(13(14)19)15(8-12(17)18)9(3)5-2/h9-10H,4-8H2,1-3H3,(H,17,18). The quantitative estimate of drug-likeness (QED) is 0.689. The molecule has 1 rings (SSSR count). The topological polar surface area (TPSA) is 77.9 Å². The molecule has 1 aliphatic heterocycles. The summed E-state index contributed by atoms with van der Waals surface area (Å²) in [6, 6.07) is -0.662. The number of hydrogen-bond acceptors (Lipinski definition) is 4. The minimum atomic E-state index is -0.977. The van der Waals surface area contributed by atoms with E-state index < -0.39 is 12.0 Å². The number of carbonyl (C=O) groups excluding carboxylic acids is 2. The van der Waals surface area contributed by atoms with Gasteiger partial charge in [-0.3, -0.25) is 24.2 Å². The van der Waals surface area contributed by atoms with Crippen LogP contribution in [-0.4, -0.2) is 57.9 Å². The number of nitrogens with zero attached hydrogens (tertiary/aromatic N) is 2. The van der Waals surface area contributed by atoms with Gasteiger partial charge in [-0.2, -0.15) is 0 Å². The predicted octanol–water partition coefficient (Wildman–Crippen LogP) is 0.709. The lowest BCUT2D eigenvalue weighted by molar-refractivity contribution is -0.142. The Hall–Kier alpha value is -1.43. The number of carboxylic acid groups (broad SMARTS) is 1. The molecule has 0 saturated carbocycles. The highest BCUT2D eigenvalue weighted by atomic mass is 16.4. The summed E-state index contributed by atoms with van der Waals surface area (Å²) in [5.41, 5.74) is 0. The average Bonchev–Trinajstić information content (AvgIpc) is 2.63. The van der Waals surface area contributed by atoms with Crippen molar-refractivity contribution in [1.82, 2.24) is 9.80 Å². The maximum Gasteiger partial charge on any atom is 0.317 e. The fourth-order valence-electron chi connectivity index (χ4n) is 2.35. The summed E-state index contributed by atoms with van der Waals surface area (Å²) in [4.78, 5) is 37.8. The predicted molar refractivity (Wildman–Crippen MR) is 69.5 cm³/mol. The summed E-state index contributed by atoms with van der Waals surface area (Å²) in [6.45, 7) is 5.92. The van der Waals surface area contributed by atoms with Crippen LogP contribution < -0.4 is 0 Å². The number of likely N-dealkylation sites (tertiary alicyclic amines) is 1. The Bertz CT molecular complexity index is 370. The van der Waals surface area contributed by atoms with E-state index in [9.17, 15) is 14.4 Å². The number of hydrogen-bond donors (Lipinski definition) is 1. The van der Waals surface area contributed by atoms with Crippen molar-refractivity contribution in [3.8, 4) is 0 Å². The third-order valence-electron chi connectivity index (χ3n) is 3.54. The van der Waals surface area contributed by atoms with Crippen LogP contribution in [0, 0.1) is 0 Å². The molecule has 0 aromatic heterocycles. The van der Waals surface area contributed by atoms with Gasteiger partial charge >= 0.3 is 5.97 Å². The molecule has 108 valence electrons. The van der Waals surface area contributed by atoms with Crippen molar-refractivity contribution in [2.45, 2.75) is 52.1 Å². The Balaban J connectivity index is 2.88. The first-order chi connectivity index (χ1) is 8.92. The van der Waals surface area contributed by atoms with Crippen molar-refractivity contribution >= 4 is 17.8 Å². The maximum atomic E-state index is 12.2. The fourth-order valence-corrected chi connectivity index (χ4v) is 2.35. The van der Waals surface area contributed by atoms with Crippen LogP contribution in [0.4, 0.5) is 0 Å². The van der Waals surface area contributed by atoms with Crippen LogP contribution in [0.3, 0.4) is 0 Å². The summed E-state index contributed by atoms with van der Waals surface area (Å²) < 4.78 is 0. The van der Waals surface area contributed by atoms with E-state index in [1.54, 1.807) is 4.90 Å². The van der Waals surface area contributed by atoms with Gasteiger partial charge in [0.1, 0.15) is 0 Å². The largest absolute Gasteiger partial charge is 0.480 e. The van der Waals surface area contributed by atoms with E-state index in [0.29, 0.717) is 13.0 Å². The minimum absolute atomic E-state index is 0.0422. The molecule has 1 saturated heterocycles. The lowest BCUT2D eigenvalue weighted by atomic mass is 10.1. The molecule has 0 radical (unpaired) electrons. The van der Waals surface area contributed by atoms with Gasteiger partial charge < -0.3 is 5.11 Å². The van der Waals surface area contributed by atoms with Crippen molar-refractivity contribution < 1.29 is 19.5 Å². The van der Waals surface area contributed by atoms with Gasteiger partial charge in [-0.25, -0.2) is 0 Å². The number of imide groups is 1. The molecule has 1 N–H and O–H groups in total. The molecular formula is C13H22N2O4. The molecule has 1 fully saturated rings. The van der Waals surface area contributed by atoms with E-state index in [4.69, 9.17) is 5.11 Å². The highest BCUT2D eigenvalue weighted by Crippen LogP contribution is 2.21. The van der Waals surface area contributed by atoms with E-state index in [-0.39, 0.29) is 30.8 Å². The van der Waals surface area contributed by atoms with Crippen LogP contribution in [0.25, 0.3) is 0 Å². The Kier molecular flexibility index (Phi) is 5.47.